The Morgan fingerprint density at radius 3 is 2.60 bits per heavy atom. The van der Waals surface area contributed by atoms with E-state index in [0.717, 1.165) is 32.1 Å². The van der Waals surface area contributed by atoms with Gasteiger partial charge in [0.25, 0.3) is 0 Å². The minimum atomic E-state index is -0.637. The number of hydrogen-bond acceptors (Lipinski definition) is 4. The van der Waals surface area contributed by atoms with Gasteiger partial charge < -0.3 is 9.84 Å². The van der Waals surface area contributed by atoms with E-state index < -0.39 is 5.60 Å². The van der Waals surface area contributed by atoms with Crippen LogP contribution in [0.1, 0.15) is 79.1 Å². The topological polar surface area (TPSA) is 63.6 Å². The fraction of sp³-hybridized carbons (Fsp3) is 0.769. The summed E-state index contributed by atoms with van der Waals surface area (Å²) < 4.78 is 4.82. The Balaban J connectivity index is 1.59. The first-order chi connectivity index (χ1) is 14.0. The second-order valence-corrected chi connectivity index (χ2v) is 11.3. The fourth-order valence-electron chi connectivity index (χ4n) is 7.60. The maximum atomic E-state index is 13.7. The van der Waals surface area contributed by atoms with E-state index in [-0.39, 0.29) is 22.7 Å². The van der Waals surface area contributed by atoms with E-state index in [9.17, 15) is 14.7 Å². The Labute approximate surface area is 181 Å². The largest absolute Gasteiger partial charge is 0.469 e. The van der Waals surface area contributed by atoms with Crippen molar-refractivity contribution in [1.29, 1.82) is 0 Å². The van der Waals surface area contributed by atoms with Crippen LogP contribution in [0.25, 0.3) is 0 Å². The molecule has 4 rings (SSSR count). The number of ether oxygens (including phenoxy) is 1. The van der Waals surface area contributed by atoms with Gasteiger partial charge >= 0.3 is 5.97 Å². The number of hydrogen-bond donors (Lipinski definition) is 1. The quantitative estimate of drug-likeness (QED) is 0.519. The highest BCUT2D eigenvalue weighted by molar-refractivity contribution is 5.85. The average Bonchev–Trinajstić information content (AvgIpc) is 3.02. The first kappa shape index (κ1) is 21.8. The van der Waals surface area contributed by atoms with Crippen LogP contribution < -0.4 is 0 Å². The molecule has 0 amide bonds. The summed E-state index contributed by atoms with van der Waals surface area (Å²) in [5, 5.41) is 10.6. The molecule has 0 aromatic rings. The zero-order valence-electron chi connectivity index (χ0n) is 19.3. The van der Waals surface area contributed by atoms with E-state index in [1.165, 1.54) is 18.3 Å². The zero-order valence-corrected chi connectivity index (χ0v) is 19.3. The van der Waals surface area contributed by atoms with Gasteiger partial charge in [0, 0.05) is 18.8 Å². The molecule has 7 atom stereocenters. The van der Waals surface area contributed by atoms with Crippen LogP contribution in [0.5, 0.6) is 0 Å². The molecule has 4 aliphatic carbocycles. The highest BCUT2D eigenvalue weighted by Gasteiger charge is 2.60. The molecule has 4 nitrogen and oxygen atoms in total. The van der Waals surface area contributed by atoms with Crippen molar-refractivity contribution in [3.8, 4) is 0 Å². The van der Waals surface area contributed by atoms with Gasteiger partial charge in [-0.1, -0.05) is 44.1 Å². The number of carbonyl (C=O) groups excluding carboxylic acids is 2. The monoisotopic (exact) mass is 414 g/mol. The summed E-state index contributed by atoms with van der Waals surface area (Å²) in [7, 11) is 1.44. The highest BCUT2D eigenvalue weighted by Crippen LogP contribution is 2.65. The van der Waals surface area contributed by atoms with Gasteiger partial charge in [-0.3, -0.25) is 9.59 Å². The molecular formula is C26H38O4. The average molecular weight is 415 g/mol. The van der Waals surface area contributed by atoms with E-state index in [4.69, 9.17) is 4.74 Å². The van der Waals surface area contributed by atoms with Crippen molar-refractivity contribution >= 4 is 11.8 Å². The van der Waals surface area contributed by atoms with Crippen molar-refractivity contribution in [3.05, 3.63) is 23.3 Å². The van der Waals surface area contributed by atoms with Gasteiger partial charge in [-0.15, -0.1) is 0 Å². The predicted octanol–water partition coefficient (Wildman–Crippen LogP) is 5.00. The predicted molar refractivity (Wildman–Crippen MR) is 117 cm³/mol. The molecule has 1 N–H and O–H groups in total. The number of esters is 1. The highest BCUT2D eigenvalue weighted by atomic mass is 16.5. The summed E-state index contributed by atoms with van der Waals surface area (Å²) in [4.78, 5) is 25.3. The van der Waals surface area contributed by atoms with Gasteiger partial charge in [0.15, 0.2) is 0 Å². The summed E-state index contributed by atoms with van der Waals surface area (Å²) in [6.07, 6.45) is 10.9. The molecule has 0 radical (unpaired) electrons. The lowest BCUT2D eigenvalue weighted by molar-refractivity contribution is -0.143. The molecule has 4 aliphatic rings. The fourth-order valence-corrected chi connectivity index (χ4v) is 7.60. The van der Waals surface area contributed by atoms with Crippen LogP contribution in [-0.2, 0) is 14.3 Å². The number of methoxy groups -OCH3 is 1. The number of rotatable bonds is 4. The van der Waals surface area contributed by atoms with Crippen LogP contribution in [-0.4, -0.2) is 29.6 Å². The smallest absolute Gasteiger partial charge is 0.305 e. The second kappa shape index (κ2) is 7.32. The summed E-state index contributed by atoms with van der Waals surface area (Å²) in [5.74, 6) is 1.51. The molecule has 30 heavy (non-hydrogen) atoms. The molecule has 166 valence electrons. The molecule has 0 bridgehead atoms. The van der Waals surface area contributed by atoms with Crippen LogP contribution in [0.3, 0.4) is 0 Å². The minimum Gasteiger partial charge on any atom is -0.469 e. The van der Waals surface area contributed by atoms with Gasteiger partial charge in [0.05, 0.1) is 12.7 Å². The van der Waals surface area contributed by atoms with Crippen LogP contribution in [0.2, 0.25) is 0 Å². The van der Waals surface area contributed by atoms with Crippen LogP contribution in [0.4, 0.5) is 0 Å². The van der Waals surface area contributed by atoms with Crippen LogP contribution in [0.15, 0.2) is 23.3 Å². The molecule has 4 heteroatoms. The molecule has 2 fully saturated rings. The summed E-state index contributed by atoms with van der Waals surface area (Å²) in [6, 6.07) is 0. The standard InChI is InChI=1S/C26H38O4/c1-16(6-11-22(28)30-5)19-9-10-20-18-8-7-17-14-24(2,29)12-13-25(17,3)23(18)21(27)15-26(19,20)4/h7,9,16,18,20,23,29H,6,8,10-15H2,1-5H3/t16-,18+,20+,23-,24+,25+,26-/m1/s1. The maximum absolute atomic E-state index is 13.7. The molecule has 0 aliphatic heterocycles. The van der Waals surface area contributed by atoms with Crippen molar-refractivity contribution in [1.82, 2.24) is 0 Å². The van der Waals surface area contributed by atoms with E-state index in [2.05, 4.69) is 32.9 Å². The maximum Gasteiger partial charge on any atom is 0.305 e. The van der Waals surface area contributed by atoms with E-state index in [0.29, 0.717) is 42.8 Å². The Bertz CT molecular complexity index is 806. The van der Waals surface area contributed by atoms with Crippen LogP contribution >= 0.6 is 0 Å². The Kier molecular flexibility index (Phi) is 5.32. The molecule has 0 spiro atoms. The third-order valence-electron chi connectivity index (χ3n) is 9.25. The first-order valence-electron chi connectivity index (χ1n) is 11.7. The number of Topliss-reactive ketones (excluding diaryl/α,β-unsaturated/α-hetero) is 1. The number of allylic oxidation sites excluding steroid dienone is 3. The lowest BCUT2D eigenvalue weighted by atomic mass is 9.46. The van der Waals surface area contributed by atoms with Gasteiger partial charge in [-0.05, 0) is 74.0 Å². The molecule has 2 saturated carbocycles. The molecule has 0 aromatic heterocycles. The lowest BCUT2D eigenvalue weighted by Gasteiger charge is -2.57. The van der Waals surface area contributed by atoms with E-state index >= 15 is 0 Å². The van der Waals surface area contributed by atoms with Crippen molar-refractivity contribution in [2.75, 3.05) is 7.11 Å². The van der Waals surface area contributed by atoms with E-state index in [1.807, 2.05) is 6.92 Å². The molecular weight excluding hydrogens is 376 g/mol. The summed E-state index contributed by atoms with van der Waals surface area (Å²) in [5.41, 5.74) is 1.88. The Hall–Kier alpha value is -1.42. The number of carbonyl (C=O) groups is 2. The van der Waals surface area contributed by atoms with Gasteiger partial charge in [0.2, 0.25) is 0 Å². The van der Waals surface area contributed by atoms with Crippen molar-refractivity contribution in [2.24, 2.45) is 34.5 Å². The number of aliphatic hydroxyl groups is 1. The Morgan fingerprint density at radius 2 is 1.90 bits per heavy atom. The van der Waals surface area contributed by atoms with Gasteiger partial charge in [0.1, 0.15) is 5.78 Å². The number of fused-ring (bicyclic) bond motifs is 5. The zero-order chi connectivity index (χ0) is 21.9. The van der Waals surface area contributed by atoms with Gasteiger partial charge in [-0.25, -0.2) is 0 Å². The first-order valence-corrected chi connectivity index (χ1v) is 11.7. The van der Waals surface area contributed by atoms with Crippen molar-refractivity contribution in [2.45, 2.75) is 84.7 Å². The molecule has 0 unspecified atom stereocenters. The van der Waals surface area contributed by atoms with E-state index in [1.54, 1.807) is 0 Å². The lowest BCUT2D eigenvalue weighted by Crippen LogP contribution is -2.55. The minimum absolute atomic E-state index is 0.0876. The summed E-state index contributed by atoms with van der Waals surface area (Å²) in [6.45, 7) is 8.71. The van der Waals surface area contributed by atoms with Crippen molar-refractivity contribution < 1.29 is 19.4 Å². The Morgan fingerprint density at radius 1 is 1.17 bits per heavy atom. The molecule has 0 aromatic carbocycles. The number of ketones is 1. The van der Waals surface area contributed by atoms with Crippen molar-refractivity contribution in [3.63, 3.8) is 0 Å². The normalized spacial score (nSPS) is 43.7. The van der Waals surface area contributed by atoms with Gasteiger partial charge in [-0.2, -0.15) is 0 Å². The molecule has 0 heterocycles. The third-order valence-corrected chi connectivity index (χ3v) is 9.25. The second-order valence-electron chi connectivity index (χ2n) is 11.3. The van der Waals surface area contributed by atoms with Crippen LogP contribution in [0, 0.1) is 34.5 Å². The summed E-state index contributed by atoms with van der Waals surface area (Å²) >= 11 is 0. The third kappa shape index (κ3) is 3.30. The molecule has 0 saturated heterocycles. The SMILES string of the molecule is COC(=O)CC[C@@H](C)C1=CC[C@H]2[C@@H]3CC=C4C[C@@](C)(O)CC[C@]4(C)[C@H]3C(=O)C[C@]12C.